The molecule has 0 atom stereocenters. The minimum Gasteiger partial charge on any atom is -0.317 e. The van der Waals surface area contributed by atoms with Gasteiger partial charge >= 0.3 is 0 Å². The van der Waals surface area contributed by atoms with Crippen LogP contribution in [0.3, 0.4) is 0 Å². The van der Waals surface area contributed by atoms with Gasteiger partial charge in [-0.25, -0.2) is 0 Å². The fourth-order valence-corrected chi connectivity index (χ4v) is 2.20. The summed E-state index contributed by atoms with van der Waals surface area (Å²) in [5.74, 6) is 0. The highest BCUT2D eigenvalue weighted by Crippen LogP contribution is 2.23. The Morgan fingerprint density at radius 1 is 1.22 bits per heavy atom. The zero-order valence-electron chi connectivity index (χ0n) is 10.7. The Morgan fingerprint density at radius 2 is 1.94 bits per heavy atom. The Bertz CT molecular complexity index is 660. The first-order chi connectivity index (χ1) is 8.58. The lowest BCUT2D eigenvalue weighted by Gasteiger charge is -2.13. The highest BCUT2D eigenvalue weighted by molar-refractivity contribution is 5.77. The molecule has 1 heterocycles. The number of nitrogens with zero attached hydrogens (tertiary/aromatic N) is 2. The molecular weight excluding hydrogens is 224 g/mol. The lowest BCUT2D eigenvalue weighted by molar-refractivity contribution is 0.112. The summed E-state index contributed by atoms with van der Waals surface area (Å²) in [6.07, 6.45) is 0.863. The fourth-order valence-electron chi connectivity index (χ4n) is 2.20. The van der Waals surface area contributed by atoms with E-state index < -0.39 is 0 Å². The van der Waals surface area contributed by atoms with E-state index in [4.69, 9.17) is 5.26 Å². The van der Waals surface area contributed by atoms with E-state index in [-0.39, 0.29) is 0 Å². The summed E-state index contributed by atoms with van der Waals surface area (Å²) < 4.78 is 2.01. The third-order valence-electron chi connectivity index (χ3n) is 3.18. The summed E-state index contributed by atoms with van der Waals surface area (Å²) in [7, 11) is 0. The number of rotatable bonds is 2. The van der Waals surface area contributed by atoms with Crippen LogP contribution in [0.2, 0.25) is 0 Å². The first-order valence-electron chi connectivity index (χ1n) is 5.73. The smallest absolute Gasteiger partial charge is 0.151 e. The molecule has 1 aromatic carbocycles. The van der Waals surface area contributed by atoms with Gasteiger partial charge in [-0.1, -0.05) is 6.07 Å². The van der Waals surface area contributed by atoms with Gasteiger partial charge in [0, 0.05) is 22.6 Å². The van der Waals surface area contributed by atoms with Gasteiger partial charge in [-0.15, -0.1) is 0 Å². The molecule has 0 saturated carbocycles. The van der Waals surface area contributed by atoms with Crippen molar-refractivity contribution in [1.29, 1.82) is 5.26 Å². The van der Waals surface area contributed by atoms with Gasteiger partial charge in [0.15, 0.2) is 6.29 Å². The van der Waals surface area contributed by atoms with Crippen molar-refractivity contribution in [3.05, 3.63) is 52.3 Å². The number of hydrogen-bond acceptors (Lipinski definition) is 2. The molecule has 0 bridgehead atoms. The highest BCUT2D eigenvalue weighted by atomic mass is 16.1. The Kier molecular flexibility index (Phi) is 3.03. The van der Waals surface area contributed by atoms with Crippen LogP contribution in [0, 0.1) is 32.1 Å². The van der Waals surface area contributed by atoms with Gasteiger partial charge in [-0.2, -0.15) is 5.26 Å². The van der Waals surface area contributed by atoms with E-state index in [1.165, 1.54) is 0 Å². The molecule has 0 aliphatic rings. The molecule has 3 nitrogen and oxygen atoms in total. The van der Waals surface area contributed by atoms with Gasteiger partial charge in [0.2, 0.25) is 0 Å². The third kappa shape index (κ3) is 1.82. The second-order valence-corrected chi connectivity index (χ2v) is 4.39. The quantitative estimate of drug-likeness (QED) is 0.755. The van der Waals surface area contributed by atoms with Crippen molar-refractivity contribution in [3.8, 4) is 11.8 Å². The molecule has 90 valence electrons. The standard InChI is InChI=1S/C15H14N2O/c1-10-4-5-13(8-16)7-15(10)17-11(2)6-14(9-18)12(17)3/h4-7,9H,1-3H3. The van der Waals surface area contributed by atoms with Crippen molar-refractivity contribution in [2.45, 2.75) is 20.8 Å². The summed E-state index contributed by atoms with van der Waals surface area (Å²) in [5, 5.41) is 8.97. The topological polar surface area (TPSA) is 45.8 Å². The largest absolute Gasteiger partial charge is 0.317 e. The number of aryl methyl sites for hydroxylation is 2. The fraction of sp³-hybridized carbons (Fsp3) is 0.200. The molecule has 0 aliphatic carbocycles. The molecule has 0 N–H and O–H groups in total. The van der Waals surface area contributed by atoms with E-state index >= 15 is 0 Å². The van der Waals surface area contributed by atoms with E-state index in [2.05, 4.69) is 6.07 Å². The number of aromatic nitrogens is 1. The molecule has 2 rings (SSSR count). The maximum absolute atomic E-state index is 11.0. The van der Waals surface area contributed by atoms with Gasteiger partial charge in [0.25, 0.3) is 0 Å². The van der Waals surface area contributed by atoms with Crippen LogP contribution in [0.15, 0.2) is 24.3 Å². The predicted molar refractivity (Wildman–Crippen MR) is 70.1 cm³/mol. The second kappa shape index (κ2) is 4.50. The van der Waals surface area contributed by atoms with E-state index in [9.17, 15) is 4.79 Å². The van der Waals surface area contributed by atoms with Crippen molar-refractivity contribution in [3.63, 3.8) is 0 Å². The molecule has 0 aliphatic heterocycles. The Balaban J connectivity index is 2.73. The van der Waals surface area contributed by atoms with Crippen molar-refractivity contribution >= 4 is 6.29 Å². The van der Waals surface area contributed by atoms with Crippen LogP contribution in [0.1, 0.15) is 32.9 Å². The molecule has 0 unspecified atom stereocenters. The molecule has 3 heteroatoms. The Labute approximate surface area is 106 Å². The van der Waals surface area contributed by atoms with Crippen LogP contribution >= 0.6 is 0 Å². The molecule has 0 radical (unpaired) electrons. The molecule has 2 aromatic rings. The van der Waals surface area contributed by atoms with Crippen LogP contribution in [0.5, 0.6) is 0 Å². The zero-order valence-corrected chi connectivity index (χ0v) is 10.7. The lowest BCUT2D eigenvalue weighted by atomic mass is 10.1. The first-order valence-corrected chi connectivity index (χ1v) is 5.73. The maximum atomic E-state index is 11.0. The molecule has 1 aromatic heterocycles. The molecule has 0 spiro atoms. The van der Waals surface area contributed by atoms with Gasteiger partial charge in [-0.3, -0.25) is 4.79 Å². The SMILES string of the molecule is Cc1ccc(C#N)cc1-n1c(C)cc(C=O)c1C. The van der Waals surface area contributed by atoms with Crippen LogP contribution < -0.4 is 0 Å². The van der Waals surface area contributed by atoms with Gasteiger partial charge in [-0.05, 0) is 44.5 Å². The van der Waals surface area contributed by atoms with Crippen LogP contribution in [0.25, 0.3) is 5.69 Å². The molecule has 0 fully saturated rings. The number of carbonyl (C=O) groups excluding carboxylic acids is 1. The number of hydrogen-bond donors (Lipinski definition) is 0. The maximum Gasteiger partial charge on any atom is 0.151 e. The second-order valence-electron chi connectivity index (χ2n) is 4.39. The Morgan fingerprint density at radius 3 is 2.50 bits per heavy atom. The van der Waals surface area contributed by atoms with Crippen molar-refractivity contribution in [2.24, 2.45) is 0 Å². The normalized spacial score (nSPS) is 10.1. The number of benzene rings is 1. The molecule has 0 amide bonds. The molecule has 18 heavy (non-hydrogen) atoms. The van der Waals surface area contributed by atoms with E-state index in [0.717, 1.165) is 28.9 Å². The van der Waals surface area contributed by atoms with Crippen molar-refractivity contribution < 1.29 is 4.79 Å². The first kappa shape index (κ1) is 12.1. The zero-order chi connectivity index (χ0) is 13.3. The van der Waals surface area contributed by atoms with Gasteiger partial charge in [0.1, 0.15) is 0 Å². The van der Waals surface area contributed by atoms with Crippen molar-refractivity contribution in [2.75, 3.05) is 0 Å². The summed E-state index contributed by atoms with van der Waals surface area (Å²) >= 11 is 0. The minimum absolute atomic E-state index is 0.621. The average molecular weight is 238 g/mol. The van der Waals surface area contributed by atoms with Gasteiger partial charge in [0.05, 0.1) is 11.6 Å². The number of aldehydes is 1. The summed E-state index contributed by atoms with van der Waals surface area (Å²) in [5.41, 5.74) is 5.24. The highest BCUT2D eigenvalue weighted by Gasteiger charge is 2.12. The van der Waals surface area contributed by atoms with E-state index in [1.54, 1.807) is 6.07 Å². The monoisotopic (exact) mass is 238 g/mol. The minimum atomic E-state index is 0.621. The van der Waals surface area contributed by atoms with E-state index in [1.807, 2.05) is 43.5 Å². The van der Waals surface area contributed by atoms with E-state index in [0.29, 0.717) is 11.1 Å². The number of nitriles is 1. The number of carbonyl (C=O) groups is 1. The predicted octanol–water partition coefficient (Wildman–Crippen LogP) is 3.09. The van der Waals surface area contributed by atoms with Crippen molar-refractivity contribution in [1.82, 2.24) is 4.57 Å². The lowest BCUT2D eigenvalue weighted by Crippen LogP contribution is -2.02. The average Bonchev–Trinajstić information content (AvgIpc) is 2.65. The summed E-state index contributed by atoms with van der Waals surface area (Å²) in [6.45, 7) is 5.86. The summed E-state index contributed by atoms with van der Waals surface area (Å²) in [4.78, 5) is 11.0. The van der Waals surface area contributed by atoms with Crippen LogP contribution in [-0.4, -0.2) is 10.9 Å². The third-order valence-corrected chi connectivity index (χ3v) is 3.18. The van der Waals surface area contributed by atoms with Crippen LogP contribution in [-0.2, 0) is 0 Å². The summed E-state index contributed by atoms with van der Waals surface area (Å²) in [6, 6.07) is 9.58. The van der Waals surface area contributed by atoms with Crippen LogP contribution in [0.4, 0.5) is 0 Å². The van der Waals surface area contributed by atoms with Gasteiger partial charge < -0.3 is 4.57 Å². The Hall–Kier alpha value is -2.34. The molecule has 0 saturated heterocycles. The molecular formula is C15H14N2O.